The third-order valence-electron chi connectivity index (χ3n) is 5.75. The van der Waals surface area contributed by atoms with Gasteiger partial charge in [0.25, 0.3) is 0 Å². The maximum absolute atomic E-state index is 14.5. The number of piperazine rings is 1. The number of Topliss-reactive ketones (excluding diaryl/α,β-unsaturated/α-hetero) is 1. The molecule has 0 radical (unpaired) electrons. The molecular weight excluding hydrogens is 369 g/mol. The number of amides is 1. The van der Waals surface area contributed by atoms with Crippen LogP contribution in [0.1, 0.15) is 55.8 Å². The molecule has 0 aromatic heterocycles. The molecule has 154 valence electrons. The largest absolute Gasteiger partial charge is 0.366 e. The van der Waals surface area contributed by atoms with Crippen molar-refractivity contribution >= 4 is 17.4 Å². The van der Waals surface area contributed by atoms with Gasteiger partial charge in [-0.3, -0.25) is 9.59 Å². The molecule has 0 N–H and O–H groups in total. The topological polar surface area (TPSA) is 40.6 Å². The van der Waals surface area contributed by atoms with Gasteiger partial charge in [0.15, 0.2) is 5.78 Å². The van der Waals surface area contributed by atoms with Gasteiger partial charge in [0.2, 0.25) is 11.8 Å². The van der Waals surface area contributed by atoms with Crippen LogP contribution in [0.3, 0.4) is 0 Å². The molecule has 7 heteroatoms. The van der Waals surface area contributed by atoms with Crippen molar-refractivity contribution in [3.63, 3.8) is 0 Å². The molecule has 3 rings (SSSR count). The fourth-order valence-electron chi connectivity index (χ4n) is 4.02. The fourth-order valence-corrected chi connectivity index (χ4v) is 4.02. The molecule has 1 aromatic carbocycles. The number of alkyl halides is 2. The molecule has 1 heterocycles. The van der Waals surface area contributed by atoms with Crippen molar-refractivity contribution in [2.45, 2.75) is 51.4 Å². The first-order valence-corrected chi connectivity index (χ1v) is 10.0. The molecule has 1 aliphatic carbocycles. The molecule has 2 aliphatic rings. The van der Waals surface area contributed by atoms with Crippen molar-refractivity contribution in [2.75, 3.05) is 31.1 Å². The van der Waals surface area contributed by atoms with Crippen molar-refractivity contribution in [3.05, 3.63) is 29.6 Å². The zero-order valence-corrected chi connectivity index (χ0v) is 16.2. The maximum atomic E-state index is 14.5. The van der Waals surface area contributed by atoms with Crippen LogP contribution in [0.25, 0.3) is 0 Å². The predicted molar refractivity (Wildman–Crippen MR) is 101 cm³/mol. The Morgan fingerprint density at radius 1 is 1.11 bits per heavy atom. The average Bonchev–Trinajstić information content (AvgIpc) is 2.68. The number of hydrogen-bond acceptors (Lipinski definition) is 3. The first-order valence-electron chi connectivity index (χ1n) is 10.0. The lowest BCUT2D eigenvalue weighted by atomic mass is 9.86. The van der Waals surface area contributed by atoms with Gasteiger partial charge in [0.1, 0.15) is 5.82 Å². The zero-order chi connectivity index (χ0) is 20.3. The van der Waals surface area contributed by atoms with Crippen LogP contribution in [-0.2, 0) is 4.79 Å². The van der Waals surface area contributed by atoms with E-state index in [0.717, 1.165) is 6.42 Å². The van der Waals surface area contributed by atoms with Gasteiger partial charge in [-0.25, -0.2) is 13.2 Å². The molecule has 0 bridgehead atoms. The second-order valence-electron chi connectivity index (χ2n) is 7.78. The molecule has 1 saturated heterocycles. The summed E-state index contributed by atoms with van der Waals surface area (Å²) in [6, 6.07) is 4.56. The summed E-state index contributed by atoms with van der Waals surface area (Å²) < 4.78 is 41.1. The molecule has 28 heavy (non-hydrogen) atoms. The van der Waals surface area contributed by atoms with Gasteiger partial charge in [-0.1, -0.05) is 6.92 Å². The summed E-state index contributed by atoms with van der Waals surface area (Å²) in [5.41, 5.74) is 0.809. The third kappa shape index (κ3) is 4.67. The van der Waals surface area contributed by atoms with E-state index in [0.29, 0.717) is 43.9 Å². The van der Waals surface area contributed by atoms with Crippen molar-refractivity contribution < 1.29 is 22.8 Å². The zero-order valence-electron chi connectivity index (χ0n) is 16.2. The Balaban J connectivity index is 1.56. The molecule has 1 amide bonds. The molecule has 2 fully saturated rings. The van der Waals surface area contributed by atoms with Gasteiger partial charge in [-0.2, -0.15) is 0 Å². The van der Waals surface area contributed by atoms with Gasteiger partial charge in [0, 0.05) is 56.9 Å². The minimum atomic E-state index is -2.64. The number of benzene rings is 1. The molecular formula is C21H27F3N2O2. The Hall–Kier alpha value is -2.05. The number of ketones is 1. The number of rotatable bonds is 5. The Bertz CT molecular complexity index is 720. The molecule has 0 spiro atoms. The van der Waals surface area contributed by atoms with E-state index in [1.165, 1.54) is 6.07 Å². The monoisotopic (exact) mass is 396 g/mol. The van der Waals surface area contributed by atoms with E-state index in [2.05, 4.69) is 0 Å². The number of halogens is 3. The lowest BCUT2D eigenvalue weighted by Crippen LogP contribution is -2.51. The summed E-state index contributed by atoms with van der Waals surface area (Å²) in [6.07, 6.45) is 1.13. The van der Waals surface area contributed by atoms with Crippen molar-refractivity contribution in [3.8, 4) is 0 Å². The van der Waals surface area contributed by atoms with Crippen LogP contribution in [0.2, 0.25) is 0 Å². The minimum absolute atomic E-state index is 0.0591. The second-order valence-corrected chi connectivity index (χ2v) is 7.78. The van der Waals surface area contributed by atoms with Crippen molar-refractivity contribution in [1.82, 2.24) is 4.90 Å². The number of hydrogen-bond donors (Lipinski definition) is 0. The van der Waals surface area contributed by atoms with Gasteiger partial charge < -0.3 is 9.80 Å². The smallest absolute Gasteiger partial charge is 0.248 e. The van der Waals surface area contributed by atoms with Gasteiger partial charge in [-0.15, -0.1) is 0 Å². The molecule has 0 unspecified atom stereocenters. The third-order valence-corrected chi connectivity index (χ3v) is 5.75. The predicted octanol–water partition coefficient (Wildman–Crippen LogP) is 4.28. The lowest BCUT2D eigenvalue weighted by molar-refractivity contribution is -0.140. The van der Waals surface area contributed by atoms with E-state index >= 15 is 0 Å². The summed E-state index contributed by atoms with van der Waals surface area (Å²) >= 11 is 0. The quantitative estimate of drug-likeness (QED) is 0.698. The van der Waals surface area contributed by atoms with E-state index in [-0.39, 0.29) is 43.3 Å². The first-order chi connectivity index (χ1) is 13.3. The van der Waals surface area contributed by atoms with Crippen LogP contribution in [0.4, 0.5) is 18.9 Å². The summed E-state index contributed by atoms with van der Waals surface area (Å²) in [5.74, 6) is -3.53. The van der Waals surface area contributed by atoms with Crippen LogP contribution >= 0.6 is 0 Å². The molecule has 4 nitrogen and oxygen atoms in total. The highest BCUT2D eigenvalue weighted by atomic mass is 19.3. The van der Waals surface area contributed by atoms with E-state index in [1.807, 2.05) is 11.8 Å². The molecule has 1 aliphatic heterocycles. The van der Waals surface area contributed by atoms with E-state index in [4.69, 9.17) is 0 Å². The standard InChI is InChI=1S/C21H27F3N2O2/c1-2-3-19(27)16-4-5-18(17(22)14-16)25-10-12-26(13-11-25)20(28)15-6-8-21(23,24)9-7-15/h4-5,14-15H,2-3,6-13H2,1H3. The van der Waals surface area contributed by atoms with E-state index < -0.39 is 11.7 Å². The fraction of sp³-hybridized carbons (Fsp3) is 0.619. The number of carbonyl (C=O) groups excluding carboxylic acids is 2. The lowest BCUT2D eigenvalue weighted by Gasteiger charge is -2.38. The molecule has 1 saturated carbocycles. The van der Waals surface area contributed by atoms with Gasteiger partial charge in [0.05, 0.1) is 5.69 Å². The first kappa shape index (κ1) is 20.7. The SMILES string of the molecule is CCCC(=O)c1ccc(N2CCN(C(=O)C3CCC(F)(F)CC3)CC2)c(F)c1. The Morgan fingerprint density at radius 2 is 1.75 bits per heavy atom. The highest BCUT2D eigenvalue weighted by molar-refractivity contribution is 5.96. The highest BCUT2D eigenvalue weighted by Crippen LogP contribution is 2.37. The normalized spacial score (nSPS) is 20.3. The number of anilines is 1. The van der Waals surface area contributed by atoms with Crippen LogP contribution in [0.5, 0.6) is 0 Å². The van der Waals surface area contributed by atoms with Crippen molar-refractivity contribution in [2.24, 2.45) is 5.92 Å². The number of carbonyl (C=O) groups is 2. The Morgan fingerprint density at radius 3 is 2.32 bits per heavy atom. The summed E-state index contributed by atoms with van der Waals surface area (Å²) in [6.45, 7) is 3.76. The van der Waals surface area contributed by atoms with Crippen LogP contribution in [0, 0.1) is 11.7 Å². The summed E-state index contributed by atoms with van der Waals surface area (Å²) in [7, 11) is 0. The van der Waals surface area contributed by atoms with Crippen LogP contribution in [0.15, 0.2) is 18.2 Å². The summed E-state index contributed by atoms with van der Waals surface area (Å²) in [4.78, 5) is 28.1. The molecule has 1 aromatic rings. The average molecular weight is 396 g/mol. The summed E-state index contributed by atoms with van der Waals surface area (Å²) in [5, 5.41) is 0. The van der Waals surface area contributed by atoms with Crippen molar-refractivity contribution in [1.29, 1.82) is 0 Å². The number of nitrogens with zero attached hydrogens (tertiary/aromatic N) is 2. The Labute approximate surface area is 163 Å². The second kappa shape index (κ2) is 8.53. The maximum Gasteiger partial charge on any atom is 0.248 e. The van der Waals surface area contributed by atoms with Crippen LogP contribution in [-0.4, -0.2) is 48.7 Å². The molecule has 0 atom stereocenters. The highest BCUT2D eigenvalue weighted by Gasteiger charge is 2.39. The minimum Gasteiger partial charge on any atom is -0.366 e. The van der Waals surface area contributed by atoms with Gasteiger partial charge >= 0.3 is 0 Å². The van der Waals surface area contributed by atoms with Gasteiger partial charge in [-0.05, 0) is 37.5 Å². The Kier molecular flexibility index (Phi) is 6.30. The van der Waals surface area contributed by atoms with Crippen LogP contribution < -0.4 is 4.90 Å². The van der Waals surface area contributed by atoms with E-state index in [1.54, 1.807) is 17.0 Å². The van der Waals surface area contributed by atoms with E-state index in [9.17, 15) is 22.8 Å².